The first-order valence-corrected chi connectivity index (χ1v) is 9.36. The van der Waals surface area contributed by atoms with Gasteiger partial charge < -0.3 is 9.73 Å². The summed E-state index contributed by atoms with van der Waals surface area (Å²) in [7, 11) is 0. The summed E-state index contributed by atoms with van der Waals surface area (Å²) < 4.78 is 8.30. The average molecular weight is 391 g/mol. The molecule has 0 atom stereocenters. The Labute approximate surface area is 166 Å². The van der Waals surface area contributed by atoms with Gasteiger partial charge in [0.25, 0.3) is 0 Å². The molecule has 0 fully saturated rings. The molecule has 0 saturated carbocycles. The Morgan fingerprint density at radius 2 is 1.93 bits per heavy atom. The highest BCUT2D eigenvalue weighted by molar-refractivity contribution is 5.79. The average Bonchev–Trinajstić information content (AvgIpc) is 3.19. The maximum Gasteiger partial charge on any atom is 0.420 e. The van der Waals surface area contributed by atoms with E-state index >= 15 is 0 Å². The third-order valence-electron chi connectivity index (χ3n) is 4.88. The Hall–Kier alpha value is -3.68. The number of nitrogens with one attached hydrogen (secondary N) is 1. The van der Waals surface area contributed by atoms with Crippen LogP contribution in [0.2, 0.25) is 0 Å². The number of fused-ring (bicyclic) bond motifs is 1. The molecule has 0 aliphatic carbocycles. The Kier molecular flexibility index (Phi) is 4.99. The van der Waals surface area contributed by atoms with E-state index in [1.54, 1.807) is 30.5 Å². The van der Waals surface area contributed by atoms with E-state index in [1.165, 1.54) is 4.57 Å². The number of aromatic nitrogens is 4. The Morgan fingerprint density at radius 3 is 2.72 bits per heavy atom. The number of carbonyl (C=O) groups is 1. The lowest BCUT2D eigenvalue weighted by Crippen LogP contribution is -2.32. The van der Waals surface area contributed by atoms with Crippen LogP contribution in [0.5, 0.6) is 0 Å². The van der Waals surface area contributed by atoms with Crippen molar-refractivity contribution >= 4 is 17.0 Å². The van der Waals surface area contributed by atoms with E-state index in [0.717, 1.165) is 22.8 Å². The molecule has 8 nitrogen and oxygen atoms in total. The number of carbonyl (C=O) groups excluding carboxylic acids is 1. The maximum absolute atomic E-state index is 12.3. The highest BCUT2D eigenvalue weighted by Crippen LogP contribution is 2.17. The van der Waals surface area contributed by atoms with Crippen molar-refractivity contribution in [1.82, 2.24) is 24.6 Å². The molecule has 4 aromatic rings. The van der Waals surface area contributed by atoms with Crippen LogP contribution in [0.4, 0.5) is 0 Å². The third-order valence-corrected chi connectivity index (χ3v) is 4.88. The molecule has 29 heavy (non-hydrogen) atoms. The van der Waals surface area contributed by atoms with Gasteiger partial charge in [-0.05, 0) is 50.1 Å². The van der Waals surface area contributed by atoms with Crippen LogP contribution in [0.3, 0.4) is 0 Å². The number of nitrogens with zero attached hydrogens (tertiary/aromatic N) is 4. The minimum atomic E-state index is -0.537. The van der Waals surface area contributed by atoms with Gasteiger partial charge in [-0.1, -0.05) is 18.2 Å². The van der Waals surface area contributed by atoms with Crippen LogP contribution in [0.1, 0.15) is 17.0 Å². The zero-order chi connectivity index (χ0) is 20.4. The highest BCUT2D eigenvalue weighted by Gasteiger charge is 2.15. The van der Waals surface area contributed by atoms with E-state index in [-0.39, 0.29) is 12.5 Å². The van der Waals surface area contributed by atoms with Gasteiger partial charge in [-0.2, -0.15) is 5.10 Å². The van der Waals surface area contributed by atoms with Crippen molar-refractivity contribution in [3.8, 4) is 5.82 Å². The number of pyridine rings is 1. The van der Waals surface area contributed by atoms with Crippen LogP contribution < -0.4 is 11.1 Å². The fraction of sp³-hybridized carbons (Fsp3) is 0.238. The van der Waals surface area contributed by atoms with Crippen molar-refractivity contribution in [2.24, 2.45) is 0 Å². The number of para-hydroxylation sites is 2. The topological polar surface area (TPSA) is 95.0 Å². The van der Waals surface area contributed by atoms with Crippen LogP contribution in [0.25, 0.3) is 16.9 Å². The van der Waals surface area contributed by atoms with E-state index in [2.05, 4.69) is 15.4 Å². The second-order valence-corrected chi connectivity index (χ2v) is 6.77. The van der Waals surface area contributed by atoms with Crippen molar-refractivity contribution in [3.63, 3.8) is 0 Å². The van der Waals surface area contributed by atoms with Crippen molar-refractivity contribution in [2.45, 2.75) is 26.8 Å². The molecule has 0 radical (unpaired) electrons. The SMILES string of the molecule is Cc1nn(-c2ccccn2)c(C)c1CCNC(=O)Cn1c(=O)oc2ccccc21. The molecule has 1 amide bonds. The molecule has 0 saturated heterocycles. The molecule has 8 heteroatoms. The second kappa shape index (κ2) is 7.75. The minimum Gasteiger partial charge on any atom is -0.408 e. The van der Waals surface area contributed by atoms with Gasteiger partial charge >= 0.3 is 5.76 Å². The first kappa shape index (κ1) is 18.7. The molecule has 1 N–H and O–H groups in total. The molecular formula is C21H21N5O3. The molecule has 1 aromatic carbocycles. The van der Waals surface area contributed by atoms with Crippen LogP contribution in [-0.2, 0) is 17.8 Å². The Balaban J connectivity index is 1.42. The molecular weight excluding hydrogens is 370 g/mol. The van der Waals surface area contributed by atoms with Crippen molar-refractivity contribution in [3.05, 3.63) is 76.2 Å². The van der Waals surface area contributed by atoms with E-state index in [0.29, 0.717) is 24.1 Å². The van der Waals surface area contributed by atoms with Crippen molar-refractivity contribution in [2.75, 3.05) is 6.54 Å². The van der Waals surface area contributed by atoms with Crippen LogP contribution in [0.15, 0.2) is 57.9 Å². The first-order valence-electron chi connectivity index (χ1n) is 9.36. The lowest BCUT2D eigenvalue weighted by molar-refractivity contribution is -0.121. The number of benzene rings is 1. The summed E-state index contributed by atoms with van der Waals surface area (Å²) in [6.45, 7) is 4.30. The van der Waals surface area contributed by atoms with Gasteiger partial charge in [0.2, 0.25) is 5.91 Å². The fourth-order valence-corrected chi connectivity index (χ4v) is 3.43. The van der Waals surface area contributed by atoms with Crippen LogP contribution in [-0.4, -0.2) is 31.8 Å². The molecule has 4 rings (SSSR count). The highest BCUT2D eigenvalue weighted by atomic mass is 16.4. The minimum absolute atomic E-state index is 0.0823. The summed E-state index contributed by atoms with van der Waals surface area (Å²) in [5.74, 6) is -0.0228. The standard InChI is InChI=1S/C21H21N5O3/c1-14-16(15(2)26(24-14)19-9-5-6-11-22-19)10-12-23-20(27)13-25-17-7-3-4-8-18(17)29-21(25)28/h3-9,11H,10,12-13H2,1-2H3,(H,23,27). The summed E-state index contributed by atoms with van der Waals surface area (Å²) >= 11 is 0. The lowest BCUT2D eigenvalue weighted by atomic mass is 10.1. The van der Waals surface area contributed by atoms with Crippen LogP contribution in [0, 0.1) is 13.8 Å². The quantitative estimate of drug-likeness (QED) is 0.543. The summed E-state index contributed by atoms with van der Waals surface area (Å²) in [6, 6.07) is 12.7. The van der Waals surface area contributed by atoms with E-state index in [9.17, 15) is 9.59 Å². The zero-order valence-corrected chi connectivity index (χ0v) is 16.3. The van der Waals surface area contributed by atoms with Crippen molar-refractivity contribution < 1.29 is 9.21 Å². The van der Waals surface area contributed by atoms with E-state index in [1.807, 2.05) is 36.7 Å². The molecule has 0 bridgehead atoms. The fourth-order valence-electron chi connectivity index (χ4n) is 3.43. The zero-order valence-electron chi connectivity index (χ0n) is 16.3. The normalized spacial score (nSPS) is 11.1. The van der Waals surface area contributed by atoms with Gasteiger partial charge in [0.1, 0.15) is 6.54 Å². The maximum atomic E-state index is 12.3. The monoisotopic (exact) mass is 391 g/mol. The van der Waals surface area contributed by atoms with Gasteiger partial charge in [0.05, 0.1) is 11.2 Å². The van der Waals surface area contributed by atoms with Crippen LogP contribution >= 0.6 is 0 Å². The molecule has 0 unspecified atom stereocenters. The molecule has 0 aliphatic rings. The van der Waals surface area contributed by atoms with Gasteiger partial charge in [-0.15, -0.1) is 0 Å². The number of rotatable bonds is 6. The number of hydrogen-bond acceptors (Lipinski definition) is 5. The first-order chi connectivity index (χ1) is 14.0. The predicted octanol–water partition coefficient (Wildman–Crippen LogP) is 2.15. The van der Waals surface area contributed by atoms with Gasteiger partial charge in [0.15, 0.2) is 11.4 Å². The van der Waals surface area contributed by atoms with E-state index < -0.39 is 5.76 Å². The van der Waals surface area contributed by atoms with Gasteiger partial charge in [0, 0.05) is 18.4 Å². The Morgan fingerprint density at radius 1 is 1.14 bits per heavy atom. The Bertz CT molecular complexity index is 1220. The number of aryl methyl sites for hydroxylation is 1. The largest absolute Gasteiger partial charge is 0.420 e. The molecule has 3 heterocycles. The molecule has 148 valence electrons. The number of oxazole rings is 1. The third kappa shape index (κ3) is 3.69. The summed E-state index contributed by atoms with van der Waals surface area (Å²) in [5, 5.41) is 7.44. The smallest absolute Gasteiger partial charge is 0.408 e. The number of hydrogen-bond donors (Lipinski definition) is 1. The summed E-state index contributed by atoms with van der Waals surface area (Å²) in [6.07, 6.45) is 2.37. The van der Waals surface area contributed by atoms with Gasteiger partial charge in [-0.25, -0.2) is 14.5 Å². The van der Waals surface area contributed by atoms with E-state index in [4.69, 9.17) is 4.42 Å². The predicted molar refractivity (Wildman–Crippen MR) is 108 cm³/mol. The van der Waals surface area contributed by atoms with Gasteiger partial charge in [-0.3, -0.25) is 9.36 Å². The summed E-state index contributed by atoms with van der Waals surface area (Å²) in [5.41, 5.74) is 4.04. The van der Waals surface area contributed by atoms with Crippen molar-refractivity contribution in [1.29, 1.82) is 0 Å². The molecule has 0 aliphatic heterocycles. The lowest BCUT2D eigenvalue weighted by Gasteiger charge is -2.07. The molecule has 0 spiro atoms. The second-order valence-electron chi connectivity index (χ2n) is 6.77. The number of amides is 1. The molecule has 3 aromatic heterocycles. The summed E-state index contributed by atoms with van der Waals surface area (Å²) in [4.78, 5) is 28.7.